The molecular formula is C38H62N2O6. The molecule has 5 fully saturated rings. The van der Waals surface area contributed by atoms with Crippen molar-refractivity contribution < 1.29 is 28.9 Å². The molecule has 0 amide bonds. The summed E-state index contributed by atoms with van der Waals surface area (Å²) < 4.78 is 19.5. The number of esters is 1. The van der Waals surface area contributed by atoms with Crippen LogP contribution in [0.25, 0.3) is 0 Å². The first-order valence-corrected chi connectivity index (χ1v) is 18.3. The van der Waals surface area contributed by atoms with E-state index in [-0.39, 0.29) is 57.2 Å². The minimum atomic E-state index is -0.635. The smallest absolute Gasteiger partial charge is 0.307 e. The van der Waals surface area contributed by atoms with Crippen LogP contribution in [0.4, 0.5) is 0 Å². The third-order valence-corrected chi connectivity index (χ3v) is 15.4. The number of carbonyl (C=O) groups is 2. The number of ether oxygens (including phenoxy) is 3. The molecule has 260 valence electrons. The van der Waals surface area contributed by atoms with E-state index in [1.807, 2.05) is 0 Å². The third-order valence-electron chi connectivity index (χ3n) is 15.4. The van der Waals surface area contributed by atoms with Crippen LogP contribution in [0.15, 0.2) is 11.6 Å². The second-order valence-electron chi connectivity index (χ2n) is 17.8. The Hall–Kier alpha value is -1.48. The fourth-order valence-electron chi connectivity index (χ4n) is 12.6. The van der Waals surface area contributed by atoms with Gasteiger partial charge in [0.15, 0.2) is 0 Å². The van der Waals surface area contributed by atoms with Crippen LogP contribution in [0.2, 0.25) is 0 Å². The summed E-state index contributed by atoms with van der Waals surface area (Å²) in [6.45, 7) is 22.1. The Kier molecular flexibility index (Phi) is 8.85. The molecule has 3 saturated carbocycles. The molecule has 8 nitrogen and oxygen atoms in total. The Morgan fingerprint density at radius 2 is 1.83 bits per heavy atom. The first-order valence-electron chi connectivity index (χ1n) is 18.3. The van der Waals surface area contributed by atoms with Gasteiger partial charge in [-0.1, -0.05) is 60.1 Å². The molecule has 0 radical (unpaired) electrons. The van der Waals surface area contributed by atoms with Crippen molar-refractivity contribution >= 4 is 11.9 Å². The van der Waals surface area contributed by atoms with Crippen molar-refractivity contribution in [2.75, 3.05) is 39.5 Å². The maximum Gasteiger partial charge on any atom is 0.307 e. The summed E-state index contributed by atoms with van der Waals surface area (Å²) in [6.07, 6.45) is 8.41. The zero-order chi connectivity index (χ0) is 33.4. The van der Waals surface area contributed by atoms with Crippen molar-refractivity contribution in [3.05, 3.63) is 11.6 Å². The molecule has 1 unspecified atom stereocenters. The molecule has 6 rings (SSSR count). The van der Waals surface area contributed by atoms with Crippen LogP contribution in [0.5, 0.6) is 0 Å². The second kappa shape index (κ2) is 11.8. The van der Waals surface area contributed by atoms with E-state index in [4.69, 9.17) is 19.9 Å². The van der Waals surface area contributed by atoms with Crippen LogP contribution in [0, 0.1) is 56.7 Å². The molecule has 2 saturated heterocycles. The molecular weight excluding hydrogens is 580 g/mol. The highest BCUT2D eigenvalue weighted by Crippen LogP contribution is 2.75. The Bertz CT molecular complexity index is 1240. The Morgan fingerprint density at radius 1 is 1.09 bits per heavy atom. The monoisotopic (exact) mass is 642 g/mol. The van der Waals surface area contributed by atoms with Crippen molar-refractivity contribution in [3.63, 3.8) is 0 Å². The quantitative estimate of drug-likeness (QED) is 0.248. The van der Waals surface area contributed by atoms with Crippen LogP contribution in [-0.2, 0) is 23.8 Å². The molecule has 46 heavy (non-hydrogen) atoms. The fraction of sp³-hybridized carbons (Fsp3) is 0.895. The van der Waals surface area contributed by atoms with Gasteiger partial charge in [-0.05, 0) is 91.4 Å². The molecule has 6 aliphatic rings. The van der Waals surface area contributed by atoms with Crippen LogP contribution in [0.3, 0.4) is 0 Å². The second-order valence-corrected chi connectivity index (χ2v) is 17.8. The summed E-state index contributed by atoms with van der Waals surface area (Å²) in [7, 11) is 0. The van der Waals surface area contributed by atoms with E-state index in [1.54, 1.807) is 0 Å². The lowest BCUT2D eigenvalue weighted by Crippen LogP contribution is -2.70. The van der Waals surface area contributed by atoms with E-state index >= 15 is 0 Å². The lowest BCUT2D eigenvalue weighted by atomic mass is 9.34. The van der Waals surface area contributed by atoms with Gasteiger partial charge in [0.2, 0.25) is 0 Å². The highest BCUT2D eigenvalue weighted by atomic mass is 16.6. The minimum absolute atomic E-state index is 0.148. The normalized spacial score (nSPS) is 47.7. The molecule has 2 aliphatic heterocycles. The van der Waals surface area contributed by atoms with Gasteiger partial charge in [-0.2, -0.15) is 0 Å². The van der Waals surface area contributed by atoms with Gasteiger partial charge in [0, 0.05) is 36.9 Å². The number of carbonyl (C=O) groups excluding carboxylic acids is 1. The lowest BCUT2D eigenvalue weighted by molar-refractivity contribution is -0.267. The molecule has 2 heterocycles. The van der Waals surface area contributed by atoms with E-state index in [9.17, 15) is 14.7 Å². The molecule has 3 N–H and O–H groups in total. The summed E-state index contributed by atoms with van der Waals surface area (Å²) in [5.41, 5.74) is 6.30. The number of carboxylic acid groups (broad SMARTS) is 1. The standard InChI is InChI=1S/C38H62N2O6/c1-23(2)24(3)34(5)14-15-36(7)27-9-10-30-35(6)21-44-22-38(30,28(27)11-13-37(36,8)31(34)33(42)43)19-29(46-25(4)41)32(35)45-18-17-40-16-12-26(39)20-40/h11,23-24,26-27,29-32H,9-10,12-22,39H2,1-8H3,(H,42,43)/t24-,26?,27+,29-,30+,31-,32+,34-,35-,36-,37+,38+/m1/s1. The van der Waals surface area contributed by atoms with E-state index in [0.717, 1.165) is 58.2 Å². The van der Waals surface area contributed by atoms with Crippen LogP contribution >= 0.6 is 0 Å². The highest BCUT2D eigenvalue weighted by molar-refractivity contribution is 5.73. The highest BCUT2D eigenvalue weighted by Gasteiger charge is 2.72. The van der Waals surface area contributed by atoms with E-state index < -0.39 is 11.9 Å². The molecule has 12 atom stereocenters. The van der Waals surface area contributed by atoms with Crippen molar-refractivity contribution in [1.82, 2.24) is 4.90 Å². The molecule has 0 spiro atoms. The predicted octanol–water partition coefficient (Wildman–Crippen LogP) is 5.92. The first kappa shape index (κ1) is 34.4. The first-order chi connectivity index (χ1) is 21.5. The zero-order valence-electron chi connectivity index (χ0n) is 29.9. The number of hydrogen-bond acceptors (Lipinski definition) is 7. The number of carboxylic acids is 1. The number of nitrogens with two attached hydrogens (primary N) is 1. The summed E-state index contributed by atoms with van der Waals surface area (Å²) in [6, 6.07) is 0.235. The van der Waals surface area contributed by atoms with Crippen molar-refractivity contribution in [2.45, 2.75) is 119 Å². The SMILES string of the molecule is CC(=O)O[C@@H]1C[C@@]23COC[C@](C)([C@@H]2CC[C@H]2C3=CC[C@@]3(C)[C@H](C(=O)O)[C@@](C)([C@H](C)C(C)C)CC[C@]23C)[C@H]1OCCN1CCC(N)C1. The van der Waals surface area contributed by atoms with Crippen LogP contribution in [0.1, 0.15) is 100 Å². The number of hydrogen-bond donors (Lipinski definition) is 2. The summed E-state index contributed by atoms with van der Waals surface area (Å²) in [5, 5.41) is 11.0. The largest absolute Gasteiger partial charge is 0.481 e. The van der Waals surface area contributed by atoms with E-state index in [0.29, 0.717) is 44.0 Å². The van der Waals surface area contributed by atoms with Crippen LogP contribution < -0.4 is 5.73 Å². The van der Waals surface area contributed by atoms with Gasteiger partial charge in [-0.15, -0.1) is 0 Å². The van der Waals surface area contributed by atoms with Crippen molar-refractivity contribution in [1.29, 1.82) is 0 Å². The predicted molar refractivity (Wildman–Crippen MR) is 178 cm³/mol. The van der Waals surface area contributed by atoms with Gasteiger partial charge in [-0.3, -0.25) is 14.5 Å². The Morgan fingerprint density at radius 3 is 2.46 bits per heavy atom. The average Bonchev–Trinajstić information content (AvgIpc) is 3.38. The topological polar surface area (TPSA) is 111 Å². The molecule has 4 aliphatic carbocycles. The number of allylic oxidation sites excluding steroid dienone is 1. The molecule has 0 aromatic heterocycles. The molecule has 0 aromatic rings. The van der Waals surface area contributed by atoms with Gasteiger partial charge in [-0.25, -0.2) is 0 Å². The number of likely N-dealkylation sites (tertiary alicyclic amines) is 1. The third kappa shape index (κ3) is 4.96. The fourth-order valence-corrected chi connectivity index (χ4v) is 12.6. The number of rotatable bonds is 8. The molecule has 0 aromatic carbocycles. The van der Waals surface area contributed by atoms with Gasteiger partial charge < -0.3 is 25.1 Å². The van der Waals surface area contributed by atoms with Gasteiger partial charge in [0.1, 0.15) is 12.2 Å². The maximum absolute atomic E-state index is 13.4. The van der Waals surface area contributed by atoms with E-state index in [2.05, 4.69) is 59.4 Å². The molecule has 8 heteroatoms. The minimum Gasteiger partial charge on any atom is -0.481 e. The lowest BCUT2D eigenvalue weighted by Gasteiger charge is -2.71. The number of nitrogens with zero attached hydrogens (tertiary/aromatic N) is 1. The Balaban J connectivity index is 1.35. The molecule has 2 bridgehead atoms. The Labute approximate surface area is 277 Å². The van der Waals surface area contributed by atoms with E-state index in [1.165, 1.54) is 12.5 Å². The summed E-state index contributed by atoms with van der Waals surface area (Å²) in [4.78, 5) is 28.3. The van der Waals surface area contributed by atoms with Crippen molar-refractivity contribution in [3.8, 4) is 0 Å². The average molecular weight is 643 g/mol. The number of aliphatic carboxylic acids is 1. The van der Waals surface area contributed by atoms with Gasteiger partial charge >= 0.3 is 11.9 Å². The zero-order valence-corrected chi connectivity index (χ0v) is 29.9. The number of fused-ring (bicyclic) bond motifs is 3. The van der Waals surface area contributed by atoms with Gasteiger partial charge in [0.25, 0.3) is 0 Å². The van der Waals surface area contributed by atoms with Crippen molar-refractivity contribution in [2.24, 2.45) is 62.4 Å². The maximum atomic E-state index is 13.4. The summed E-state index contributed by atoms with van der Waals surface area (Å²) >= 11 is 0. The van der Waals surface area contributed by atoms with Crippen LogP contribution in [-0.4, -0.2) is 79.6 Å². The van der Waals surface area contributed by atoms with Gasteiger partial charge in [0.05, 0.1) is 25.7 Å². The summed E-state index contributed by atoms with van der Waals surface area (Å²) in [5.74, 6) is 0.0504.